The normalized spacial score (nSPS) is 9.69. The highest BCUT2D eigenvalue weighted by Gasteiger charge is 1.97. The van der Waals surface area contributed by atoms with Crippen LogP contribution in [0.25, 0.3) is 0 Å². The highest BCUT2D eigenvalue weighted by molar-refractivity contribution is 5.65. The number of rotatable bonds is 3. The van der Waals surface area contributed by atoms with Crippen LogP contribution in [0, 0.1) is 5.82 Å². The molecule has 1 aromatic rings. The lowest BCUT2D eigenvalue weighted by molar-refractivity contribution is -0.140. The maximum Gasteiger partial charge on any atom is 0.302 e. The first-order chi connectivity index (χ1) is 6.18. The maximum absolute atomic E-state index is 12.4. The van der Waals surface area contributed by atoms with Crippen LogP contribution in [-0.2, 0) is 16.0 Å². The van der Waals surface area contributed by atoms with E-state index in [0.29, 0.717) is 12.1 Å². The van der Waals surface area contributed by atoms with Crippen LogP contribution in [0.2, 0.25) is 0 Å². The van der Waals surface area contributed by atoms with Gasteiger partial charge in [0.2, 0.25) is 0 Å². The molecule has 1 aromatic heterocycles. The Kier molecular flexibility index (Phi) is 3.37. The molecule has 0 spiro atoms. The van der Waals surface area contributed by atoms with Gasteiger partial charge in [-0.25, -0.2) is 4.39 Å². The lowest BCUT2D eigenvalue weighted by atomic mass is 10.3. The van der Waals surface area contributed by atoms with Crippen LogP contribution in [-0.4, -0.2) is 17.6 Å². The molecule has 0 fully saturated rings. The summed E-state index contributed by atoms with van der Waals surface area (Å²) in [5, 5.41) is 0. The smallest absolute Gasteiger partial charge is 0.302 e. The second-order valence-corrected chi connectivity index (χ2v) is 2.56. The molecule has 0 atom stereocenters. The van der Waals surface area contributed by atoms with Crippen molar-refractivity contribution in [2.24, 2.45) is 0 Å². The van der Waals surface area contributed by atoms with Gasteiger partial charge < -0.3 is 4.74 Å². The third-order valence-electron chi connectivity index (χ3n) is 1.45. The molecular formula is C9H10FNO2. The van der Waals surface area contributed by atoms with Gasteiger partial charge in [-0.3, -0.25) is 9.78 Å². The zero-order valence-electron chi connectivity index (χ0n) is 7.29. The van der Waals surface area contributed by atoms with E-state index in [0.717, 1.165) is 6.20 Å². The molecule has 1 heterocycles. The number of halogens is 1. The molecule has 1 rings (SSSR count). The van der Waals surface area contributed by atoms with E-state index >= 15 is 0 Å². The predicted octanol–water partition coefficient (Wildman–Crippen LogP) is 1.33. The first-order valence-electron chi connectivity index (χ1n) is 3.92. The number of hydrogen-bond acceptors (Lipinski definition) is 3. The van der Waals surface area contributed by atoms with Crippen molar-refractivity contribution in [3.8, 4) is 0 Å². The van der Waals surface area contributed by atoms with Crippen LogP contribution in [0.4, 0.5) is 4.39 Å². The van der Waals surface area contributed by atoms with Crippen LogP contribution in [0.1, 0.15) is 12.6 Å². The van der Waals surface area contributed by atoms with Crippen molar-refractivity contribution in [3.05, 3.63) is 29.8 Å². The van der Waals surface area contributed by atoms with Gasteiger partial charge in [0.15, 0.2) is 0 Å². The lowest BCUT2D eigenvalue weighted by Gasteiger charge is -2.00. The number of carbonyl (C=O) groups is 1. The molecule has 13 heavy (non-hydrogen) atoms. The Morgan fingerprint density at radius 1 is 1.62 bits per heavy atom. The van der Waals surface area contributed by atoms with Crippen molar-refractivity contribution >= 4 is 5.97 Å². The number of carbonyl (C=O) groups excluding carboxylic acids is 1. The van der Waals surface area contributed by atoms with Gasteiger partial charge in [-0.05, 0) is 12.1 Å². The summed E-state index contributed by atoms with van der Waals surface area (Å²) in [4.78, 5) is 14.2. The maximum atomic E-state index is 12.4. The first kappa shape index (κ1) is 9.64. The molecule has 0 saturated heterocycles. The Hall–Kier alpha value is -1.45. The average Bonchev–Trinajstić information content (AvgIpc) is 2.08. The molecule has 0 radical (unpaired) electrons. The van der Waals surface area contributed by atoms with Crippen LogP contribution in [0.15, 0.2) is 18.3 Å². The zero-order valence-corrected chi connectivity index (χ0v) is 7.29. The van der Waals surface area contributed by atoms with Crippen LogP contribution in [0.5, 0.6) is 0 Å². The predicted molar refractivity (Wildman–Crippen MR) is 44.5 cm³/mol. The number of aromatic nitrogens is 1. The van der Waals surface area contributed by atoms with Crippen molar-refractivity contribution in [1.82, 2.24) is 4.98 Å². The monoisotopic (exact) mass is 183 g/mol. The van der Waals surface area contributed by atoms with E-state index in [1.807, 2.05) is 0 Å². The Morgan fingerprint density at radius 2 is 2.38 bits per heavy atom. The summed E-state index contributed by atoms with van der Waals surface area (Å²) in [6, 6.07) is 2.90. The number of nitrogens with zero attached hydrogens (tertiary/aromatic N) is 1. The molecule has 0 amide bonds. The third kappa shape index (κ3) is 3.64. The molecular weight excluding hydrogens is 173 g/mol. The van der Waals surface area contributed by atoms with E-state index in [1.54, 1.807) is 6.07 Å². The summed E-state index contributed by atoms with van der Waals surface area (Å²) < 4.78 is 17.1. The third-order valence-corrected chi connectivity index (χ3v) is 1.45. The molecule has 0 aliphatic heterocycles. The van der Waals surface area contributed by atoms with Gasteiger partial charge in [0, 0.05) is 19.0 Å². The number of pyridine rings is 1. The Bertz CT molecular complexity index is 284. The fourth-order valence-electron chi connectivity index (χ4n) is 0.854. The van der Waals surface area contributed by atoms with Crippen LogP contribution >= 0.6 is 0 Å². The first-order valence-corrected chi connectivity index (χ1v) is 3.92. The second kappa shape index (κ2) is 4.54. The highest BCUT2D eigenvalue weighted by atomic mass is 19.1. The molecule has 0 N–H and O–H groups in total. The summed E-state index contributed by atoms with van der Waals surface area (Å²) in [5.74, 6) is -0.682. The Morgan fingerprint density at radius 3 is 2.92 bits per heavy atom. The summed E-state index contributed by atoms with van der Waals surface area (Å²) in [5.41, 5.74) is 0.711. The van der Waals surface area contributed by atoms with Crippen molar-refractivity contribution in [2.75, 3.05) is 6.61 Å². The van der Waals surface area contributed by atoms with Gasteiger partial charge in [0.25, 0.3) is 0 Å². The largest absolute Gasteiger partial charge is 0.465 e. The lowest BCUT2D eigenvalue weighted by Crippen LogP contribution is -2.04. The summed E-state index contributed by atoms with van der Waals surface area (Å²) in [6.45, 7) is 1.63. The van der Waals surface area contributed by atoms with E-state index < -0.39 is 0 Å². The van der Waals surface area contributed by atoms with Gasteiger partial charge in [0.1, 0.15) is 5.82 Å². The molecule has 0 aliphatic rings. The van der Waals surface area contributed by atoms with E-state index in [1.165, 1.54) is 13.0 Å². The number of ether oxygens (including phenoxy) is 1. The fraction of sp³-hybridized carbons (Fsp3) is 0.333. The van der Waals surface area contributed by atoms with Crippen LogP contribution in [0.3, 0.4) is 0 Å². The highest BCUT2D eigenvalue weighted by Crippen LogP contribution is 1.99. The van der Waals surface area contributed by atoms with Crippen molar-refractivity contribution in [2.45, 2.75) is 13.3 Å². The number of esters is 1. The van der Waals surface area contributed by atoms with Gasteiger partial charge in [-0.2, -0.15) is 0 Å². The molecule has 3 nitrogen and oxygen atoms in total. The minimum Gasteiger partial charge on any atom is -0.465 e. The topological polar surface area (TPSA) is 39.2 Å². The minimum atomic E-state index is -0.365. The molecule has 0 aromatic carbocycles. The summed E-state index contributed by atoms with van der Waals surface area (Å²) in [7, 11) is 0. The van der Waals surface area contributed by atoms with Crippen LogP contribution < -0.4 is 0 Å². The molecule has 4 heteroatoms. The standard InChI is InChI=1S/C9H10FNO2/c1-7(12)13-5-4-9-3-2-8(10)6-11-9/h2-3,6H,4-5H2,1H3. The van der Waals surface area contributed by atoms with Gasteiger partial charge in [-0.15, -0.1) is 0 Å². The average molecular weight is 183 g/mol. The van der Waals surface area contributed by atoms with E-state index in [4.69, 9.17) is 4.74 Å². The van der Waals surface area contributed by atoms with Crippen molar-refractivity contribution in [1.29, 1.82) is 0 Å². The zero-order chi connectivity index (χ0) is 9.68. The fourth-order valence-corrected chi connectivity index (χ4v) is 0.854. The molecule has 0 aliphatic carbocycles. The second-order valence-electron chi connectivity index (χ2n) is 2.56. The summed E-state index contributed by atoms with van der Waals surface area (Å²) >= 11 is 0. The molecule has 0 saturated carbocycles. The van der Waals surface area contributed by atoms with Gasteiger partial charge >= 0.3 is 5.97 Å². The quantitative estimate of drug-likeness (QED) is 0.663. The van der Waals surface area contributed by atoms with E-state index in [-0.39, 0.29) is 18.4 Å². The molecule has 0 unspecified atom stereocenters. The number of hydrogen-bond donors (Lipinski definition) is 0. The Labute approximate surface area is 75.6 Å². The van der Waals surface area contributed by atoms with Crippen molar-refractivity contribution < 1.29 is 13.9 Å². The SMILES string of the molecule is CC(=O)OCCc1ccc(F)cn1. The van der Waals surface area contributed by atoms with E-state index in [2.05, 4.69) is 4.98 Å². The molecule has 0 bridgehead atoms. The van der Waals surface area contributed by atoms with Crippen molar-refractivity contribution in [3.63, 3.8) is 0 Å². The van der Waals surface area contributed by atoms with E-state index in [9.17, 15) is 9.18 Å². The van der Waals surface area contributed by atoms with Gasteiger partial charge in [0.05, 0.1) is 12.8 Å². The summed E-state index contributed by atoms with van der Waals surface area (Å²) in [6.07, 6.45) is 1.66. The van der Waals surface area contributed by atoms with Gasteiger partial charge in [-0.1, -0.05) is 0 Å². The molecule has 70 valence electrons. The Balaban J connectivity index is 2.37. The minimum absolute atomic E-state index is 0.286.